The molecule has 0 aliphatic heterocycles. The zero-order chi connectivity index (χ0) is 15.2. The normalized spacial score (nSPS) is 13.5. The van der Waals surface area contributed by atoms with E-state index in [4.69, 9.17) is 0 Å². The number of carbonyl (C=O) groups excluding carboxylic acids is 1. The molecule has 3 nitrogen and oxygen atoms in total. The number of aromatic nitrogens is 1. The molecule has 0 radical (unpaired) electrons. The molecule has 0 fully saturated rings. The Morgan fingerprint density at radius 3 is 2.52 bits per heavy atom. The number of amides is 1. The first kappa shape index (κ1) is 15.5. The fourth-order valence-corrected chi connectivity index (χ4v) is 2.63. The Balaban J connectivity index is 1.92. The second-order valence-corrected chi connectivity index (χ2v) is 6.07. The van der Waals surface area contributed by atoms with Gasteiger partial charge in [0.1, 0.15) is 5.82 Å². The molecule has 110 valence electrons. The van der Waals surface area contributed by atoms with Gasteiger partial charge in [0.25, 0.3) is 0 Å². The van der Waals surface area contributed by atoms with Crippen LogP contribution in [0.4, 0.5) is 4.39 Å². The van der Waals surface area contributed by atoms with Gasteiger partial charge in [-0.2, -0.15) is 0 Å². The van der Waals surface area contributed by atoms with Crippen molar-refractivity contribution in [3.8, 4) is 0 Å². The third-order valence-electron chi connectivity index (χ3n) is 3.03. The number of thioether (sulfide) groups is 1. The second kappa shape index (κ2) is 7.22. The molecule has 5 heteroatoms. The van der Waals surface area contributed by atoms with E-state index in [1.54, 1.807) is 18.3 Å². The van der Waals surface area contributed by atoms with Gasteiger partial charge in [0.2, 0.25) is 5.91 Å². The highest BCUT2D eigenvalue weighted by atomic mass is 32.2. The van der Waals surface area contributed by atoms with Crippen LogP contribution in [0.2, 0.25) is 0 Å². The number of nitrogens with one attached hydrogen (secondary N) is 1. The van der Waals surface area contributed by atoms with Gasteiger partial charge in [-0.05, 0) is 43.7 Å². The molecule has 21 heavy (non-hydrogen) atoms. The van der Waals surface area contributed by atoms with Crippen molar-refractivity contribution < 1.29 is 9.18 Å². The standard InChI is InChI=1S/C16H17FN2OS/c1-11(13-6-8-14(17)9-7-13)19-16(20)12(2)21-15-5-3-4-10-18-15/h3-12H,1-2H3,(H,19,20)/t11-,12+/m1/s1. The number of rotatable bonds is 5. The van der Waals surface area contributed by atoms with Crippen LogP contribution >= 0.6 is 11.8 Å². The largest absolute Gasteiger partial charge is 0.349 e. The fraction of sp³-hybridized carbons (Fsp3) is 0.250. The molecule has 1 heterocycles. The smallest absolute Gasteiger partial charge is 0.233 e. The number of benzene rings is 1. The van der Waals surface area contributed by atoms with Crippen molar-refractivity contribution in [3.63, 3.8) is 0 Å². The molecule has 0 aliphatic rings. The van der Waals surface area contributed by atoms with Crippen LogP contribution < -0.4 is 5.32 Å². The molecule has 0 aliphatic carbocycles. The van der Waals surface area contributed by atoms with Gasteiger partial charge in [0, 0.05) is 6.20 Å². The number of hydrogen-bond acceptors (Lipinski definition) is 3. The molecule has 0 spiro atoms. The summed E-state index contributed by atoms with van der Waals surface area (Å²) >= 11 is 1.41. The van der Waals surface area contributed by atoms with E-state index >= 15 is 0 Å². The lowest BCUT2D eigenvalue weighted by Crippen LogP contribution is -2.33. The Morgan fingerprint density at radius 2 is 1.90 bits per heavy atom. The summed E-state index contributed by atoms with van der Waals surface area (Å²) in [4.78, 5) is 16.4. The van der Waals surface area contributed by atoms with Crippen molar-refractivity contribution in [2.45, 2.75) is 30.2 Å². The van der Waals surface area contributed by atoms with E-state index in [0.29, 0.717) is 0 Å². The lowest BCUT2D eigenvalue weighted by molar-refractivity contribution is -0.120. The molecule has 1 N–H and O–H groups in total. The molecular formula is C16H17FN2OS. The van der Waals surface area contributed by atoms with E-state index < -0.39 is 0 Å². The van der Waals surface area contributed by atoms with Crippen molar-refractivity contribution in [1.82, 2.24) is 10.3 Å². The van der Waals surface area contributed by atoms with Crippen LogP contribution in [0.15, 0.2) is 53.7 Å². The molecule has 2 atom stereocenters. The number of carbonyl (C=O) groups is 1. The van der Waals surface area contributed by atoms with Gasteiger partial charge in [-0.15, -0.1) is 0 Å². The summed E-state index contributed by atoms with van der Waals surface area (Å²) in [6, 6.07) is 11.6. The zero-order valence-electron chi connectivity index (χ0n) is 11.9. The van der Waals surface area contributed by atoms with Gasteiger partial charge >= 0.3 is 0 Å². The van der Waals surface area contributed by atoms with Gasteiger partial charge in [0.15, 0.2) is 0 Å². The molecule has 1 aromatic carbocycles. The van der Waals surface area contributed by atoms with Gasteiger partial charge < -0.3 is 5.32 Å². The van der Waals surface area contributed by atoms with E-state index in [9.17, 15) is 9.18 Å². The Kier molecular flexibility index (Phi) is 5.33. The third kappa shape index (κ3) is 4.56. The average Bonchev–Trinajstić information content (AvgIpc) is 2.48. The lowest BCUT2D eigenvalue weighted by atomic mass is 10.1. The lowest BCUT2D eigenvalue weighted by Gasteiger charge is -2.17. The summed E-state index contributed by atoms with van der Waals surface area (Å²) in [5.41, 5.74) is 0.875. The van der Waals surface area contributed by atoms with E-state index in [0.717, 1.165) is 10.6 Å². The van der Waals surface area contributed by atoms with Crippen LogP contribution in [0.3, 0.4) is 0 Å². The van der Waals surface area contributed by atoms with Crippen molar-refractivity contribution in [2.75, 3.05) is 0 Å². The first-order valence-corrected chi connectivity index (χ1v) is 7.58. The summed E-state index contributed by atoms with van der Waals surface area (Å²) in [5.74, 6) is -0.348. The minimum atomic E-state index is -0.281. The Bertz CT molecular complexity index is 589. The molecule has 0 unspecified atom stereocenters. The quantitative estimate of drug-likeness (QED) is 0.859. The van der Waals surface area contributed by atoms with Gasteiger partial charge in [0.05, 0.1) is 16.3 Å². The zero-order valence-corrected chi connectivity index (χ0v) is 12.7. The van der Waals surface area contributed by atoms with Crippen molar-refractivity contribution in [2.24, 2.45) is 0 Å². The van der Waals surface area contributed by atoms with E-state index in [2.05, 4.69) is 10.3 Å². The maximum atomic E-state index is 12.9. The number of nitrogens with zero attached hydrogens (tertiary/aromatic N) is 1. The van der Waals surface area contributed by atoms with Crippen molar-refractivity contribution >= 4 is 17.7 Å². The fourth-order valence-electron chi connectivity index (χ4n) is 1.82. The molecule has 1 aromatic heterocycles. The summed E-state index contributed by atoms with van der Waals surface area (Å²) in [6.07, 6.45) is 1.70. The van der Waals surface area contributed by atoms with Gasteiger partial charge in [-0.1, -0.05) is 30.0 Å². The first-order valence-electron chi connectivity index (χ1n) is 6.70. The highest BCUT2D eigenvalue weighted by molar-refractivity contribution is 8.00. The Hall–Kier alpha value is -1.88. The molecule has 2 aromatic rings. The van der Waals surface area contributed by atoms with Crippen LogP contribution in [0, 0.1) is 5.82 Å². The molecular weight excluding hydrogens is 287 g/mol. The molecule has 0 bridgehead atoms. The van der Waals surface area contributed by atoms with Crippen LogP contribution in [0.1, 0.15) is 25.5 Å². The van der Waals surface area contributed by atoms with Gasteiger partial charge in [-0.25, -0.2) is 9.37 Å². The van der Waals surface area contributed by atoms with Crippen LogP contribution in [0.25, 0.3) is 0 Å². The monoisotopic (exact) mass is 304 g/mol. The van der Waals surface area contributed by atoms with Crippen LogP contribution in [0.5, 0.6) is 0 Å². The topological polar surface area (TPSA) is 42.0 Å². The average molecular weight is 304 g/mol. The highest BCUT2D eigenvalue weighted by Crippen LogP contribution is 2.21. The van der Waals surface area contributed by atoms with Gasteiger partial charge in [-0.3, -0.25) is 4.79 Å². The molecule has 0 saturated heterocycles. The number of halogens is 1. The van der Waals surface area contributed by atoms with Crippen molar-refractivity contribution in [1.29, 1.82) is 0 Å². The summed E-state index contributed by atoms with van der Waals surface area (Å²) in [5, 5.41) is 3.49. The minimum Gasteiger partial charge on any atom is -0.349 e. The summed E-state index contributed by atoms with van der Waals surface area (Å²) in [6.45, 7) is 3.72. The third-order valence-corrected chi connectivity index (χ3v) is 4.08. The van der Waals surface area contributed by atoms with E-state index in [1.807, 2.05) is 32.0 Å². The van der Waals surface area contributed by atoms with E-state index in [-0.39, 0.29) is 23.0 Å². The van der Waals surface area contributed by atoms with Crippen LogP contribution in [-0.2, 0) is 4.79 Å². The maximum absolute atomic E-state index is 12.9. The summed E-state index contributed by atoms with van der Waals surface area (Å²) < 4.78 is 12.9. The second-order valence-electron chi connectivity index (χ2n) is 4.71. The first-order chi connectivity index (χ1) is 10.1. The molecule has 1 amide bonds. The predicted octanol–water partition coefficient (Wildman–Crippen LogP) is 3.58. The minimum absolute atomic E-state index is 0.0671. The predicted molar refractivity (Wildman–Crippen MR) is 82.5 cm³/mol. The Morgan fingerprint density at radius 1 is 1.19 bits per heavy atom. The maximum Gasteiger partial charge on any atom is 0.233 e. The van der Waals surface area contributed by atoms with Crippen molar-refractivity contribution in [3.05, 3.63) is 60.0 Å². The summed E-state index contributed by atoms with van der Waals surface area (Å²) in [7, 11) is 0. The SMILES string of the molecule is C[C@H](Sc1ccccn1)C(=O)N[C@H](C)c1ccc(F)cc1. The Labute approximate surface area is 128 Å². The van der Waals surface area contributed by atoms with Crippen LogP contribution in [-0.4, -0.2) is 16.1 Å². The van der Waals surface area contributed by atoms with E-state index in [1.165, 1.54) is 23.9 Å². The number of hydrogen-bond donors (Lipinski definition) is 1. The number of pyridine rings is 1. The molecule has 2 rings (SSSR count). The highest BCUT2D eigenvalue weighted by Gasteiger charge is 2.17. The molecule has 0 saturated carbocycles.